The van der Waals surface area contributed by atoms with Gasteiger partial charge in [-0.2, -0.15) is 5.26 Å². The van der Waals surface area contributed by atoms with E-state index in [1.807, 2.05) is 0 Å². The molecule has 1 aliphatic rings. The molecule has 0 aliphatic carbocycles. The summed E-state index contributed by atoms with van der Waals surface area (Å²) in [5.41, 5.74) is -0.395. The Bertz CT molecular complexity index is 588. The molecule has 0 radical (unpaired) electrons. The molecule has 1 heterocycles. The lowest BCUT2D eigenvalue weighted by molar-refractivity contribution is -0.129. The van der Waals surface area contributed by atoms with Crippen LogP contribution in [0, 0.1) is 11.3 Å². The van der Waals surface area contributed by atoms with Crippen LogP contribution in [-0.2, 0) is 10.3 Å². The second-order valence-electron chi connectivity index (χ2n) is 4.29. The van der Waals surface area contributed by atoms with Crippen LogP contribution in [0.25, 0.3) is 0 Å². The van der Waals surface area contributed by atoms with Crippen LogP contribution in [0.2, 0.25) is 0 Å². The molecule has 18 heavy (non-hydrogen) atoms. The molecule has 0 aromatic heterocycles. The SMILES string of the molecule is COc1ccc2c(c1)C(C)(C#N)N(C)C(=O)C2=O. The normalized spacial score (nSPS) is 22.4. The Morgan fingerprint density at radius 3 is 2.61 bits per heavy atom. The third kappa shape index (κ3) is 1.39. The average Bonchev–Trinajstić information content (AvgIpc) is 2.42. The van der Waals surface area contributed by atoms with Crippen LogP contribution in [0.1, 0.15) is 22.8 Å². The monoisotopic (exact) mass is 244 g/mol. The van der Waals surface area contributed by atoms with E-state index in [1.54, 1.807) is 19.1 Å². The molecule has 2 rings (SSSR count). The number of rotatable bonds is 1. The minimum Gasteiger partial charge on any atom is -0.497 e. The number of amides is 1. The number of benzene rings is 1. The van der Waals surface area contributed by atoms with Crippen molar-refractivity contribution in [1.29, 1.82) is 5.26 Å². The van der Waals surface area contributed by atoms with Crippen molar-refractivity contribution in [2.24, 2.45) is 0 Å². The van der Waals surface area contributed by atoms with Crippen LogP contribution in [0.4, 0.5) is 0 Å². The first-order valence-corrected chi connectivity index (χ1v) is 5.38. The lowest BCUT2D eigenvalue weighted by atomic mass is 9.82. The molecule has 92 valence electrons. The van der Waals surface area contributed by atoms with Gasteiger partial charge in [-0.15, -0.1) is 0 Å². The second kappa shape index (κ2) is 3.84. The number of nitriles is 1. The third-order valence-electron chi connectivity index (χ3n) is 3.38. The van der Waals surface area contributed by atoms with Gasteiger partial charge >= 0.3 is 0 Å². The number of nitrogens with zero attached hydrogens (tertiary/aromatic N) is 2. The van der Waals surface area contributed by atoms with Crippen LogP contribution in [0.15, 0.2) is 18.2 Å². The van der Waals surface area contributed by atoms with Crippen LogP contribution in [-0.4, -0.2) is 30.7 Å². The van der Waals surface area contributed by atoms with Crippen molar-refractivity contribution >= 4 is 11.7 Å². The highest BCUT2D eigenvalue weighted by molar-refractivity contribution is 6.44. The quantitative estimate of drug-likeness (QED) is 0.693. The van der Waals surface area contributed by atoms with Crippen molar-refractivity contribution in [3.8, 4) is 11.8 Å². The average molecular weight is 244 g/mol. The van der Waals surface area contributed by atoms with E-state index >= 15 is 0 Å². The molecule has 5 nitrogen and oxygen atoms in total. The summed E-state index contributed by atoms with van der Waals surface area (Å²) in [6.07, 6.45) is 0. The van der Waals surface area contributed by atoms with Crippen molar-refractivity contribution in [1.82, 2.24) is 4.90 Å². The van der Waals surface area contributed by atoms with E-state index in [9.17, 15) is 14.9 Å². The summed E-state index contributed by atoms with van der Waals surface area (Å²) in [7, 11) is 2.96. The molecule has 1 amide bonds. The predicted molar refractivity (Wildman–Crippen MR) is 63.1 cm³/mol. The van der Waals surface area contributed by atoms with E-state index in [-0.39, 0.29) is 5.56 Å². The summed E-state index contributed by atoms with van der Waals surface area (Å²) in [6, 6.07) is 6.84. The predicted octanol–water partition coefficient (Wildman–Crippen LogP) is 1.09. The maximum absolute atomic E-state index is 11.9. The van der Waals surface area contributed by atoms with E-state index in [0.717, 1.165) is 4.90 Å². The first kappa shape index (κ1) is 12.1. The van der Waals surface area contributed by atoms with Gasteiger partial charge in [-0.05, 0) is 25.1 Å². The number of Topliss-reactive ketones (excluding diaryl/α,β-unsaturated/α-hetero) is 1. The maximum atomic E-state index is 11.9. The number of ether oxygens (including phenoxy) is 1. The van der Waals surface area contributed by atoms with Gasteiger partial charge in [-0.3, -0.25) is 9.59 Å². The minimum atomic E-state index is -1.16. The summed E-state index contributed by atoms with van der Waals surface area (Å²) >= 11 is 0. The zero-order valence-corrected chi connectivity index (χ0v) is 10.4. The summed E-state index contributed by atoms with van der Waals surface area (Å²) in [6.45, 7) is 1.61. The number of fused-ring (bicyclic) bond motifs is 1. The van der Waals surface area contributed by atoms with Crippen molar-refractivity contribution in [2.45, 2.75) is 12.5 Å². The van der Waals surface area contributed by atoms with Gasteiger partial charge < -0.3 is 9.64 Å². The zero-order valence-electron chi connectivity index (χ0n) is 10.4. The van der Waals surface area contributed by atoms with Gasteiger partial charge in [0.25, 0.3) is 11.7 Å². The zero-order chi connectivity index (χ0) is 13.5. The molecule has 1 aromatic carbocycles. The Hall–Kier alpha value is -2.35. The number of ketones is 1. The maximum Gasteiger partial charge on any atom is 0.296 e. The van der Waals surface area contributed by atoms with E-state index in [1.165, 1.54) is 20.2 Å². The third-order valence-corrected chi connectivity index (χ3v) is 3.38. The van der Waals surface area contributed by atoms with Gasteiger partial charge in [-0.1, -0.05) is 0 Å². The molecule has 0 saturated carbocycles. The molecule has 5 heteroatoms. The number of hydrogen-bond donors (Lipinski definition) is 0. The van der Waals surface area contributed by atoms with E-state index in [0.29, 0.717) is 11.3 Å². The van der Waals surface area contributed by atoms with Crippen LogP contribution < -0.4 is 4.74 Å². The Labute approximate surface area is 105 Å². The Morgan fingerprint density at radius 1 is 1.39 bits per heavy atom. The fourth-order valence-electron chi connectivity index (χ4n) is 2.04. The van der Waals surface area contributed by atoms with E-state index < -0.39 is 17.2 Å². The highest BCUT2D eigenvalue weighted by Crippen LogP contribution is 2.36. The summed E-state index contributed by atoms with van der Waals surface area (Å²) < 4.78 is 5.09. The van der Waals surface area contributed by atoms with E-state index in [2.05, 4.69) is 6.07 Å². The van der Waals surface area contributed by atoms with Gasteiger partial charge in [-0.25, -0.2) is 0 Å². The molecule has 0 spiro atoms. The van der Waals surface area contributed by atoms with Crippen LogP contribution in [0.3, 0.4) is 0 Å². The molecule has 1 unspecified atom stereocenters. The van der Waals surface area contributed by atoms with Crippen molar-refractivity contribution in [3.05, 3.63) is 29.3 Å². The minimum absolute atomic E-state index is 0.267. The topological polar surface area (TPSA) is 70.4 Å². The van der Waals surface area contributed by atoms with Gasteiger partial charge in [0.15, 0.2) is 5.54 Å². The summed E-state index contributed by atoms with van der Waals surface area (Å²) in [4.78, 5) is 24.9. The Kier molecular flexibility index (Phi) is 2.59. The first-order valence-electron chi connectivity index (χ1n) is 5.38. The fourth-order valence-corrected chi connectivity index (χ4v) is 2.04. The Morgan fingerprint density at radius 2 is 2.06 bits per heavy atom. The van der Waals surface area contributed by atoms with Gasteiger partial charge in [0.1, 0.15) is 5.75 Å². The lowest BCUT2D eigenvalue weighted by Crippen LogP contribution is -2.51. The van der Waals surface area contributed by atoms with Crippen LogP contribution in [0.5, 0.6) is 5.75 Å². The molecule has 1 aliphatic heterocycles. The number of hydrogen-bond acceptors (Lipinski definition) is 4. The number of methoxy groups -OCH3 is 1. The smallest absolute Gasteiger partial charge is 0.296 e. The standard InChI is InChI=1S/C13H12N2O3/c1-13(7-14)10-6-8(18-3)4-5-9(10)11(16)12(17)15(13)2/h4-6H,1-3H3. The summed E-state index contributed by atoms with van der Waals surface area (Å²) in [5.74, 6) is -0.717. The van der Waals surface area contributed by atoms with E-state index in [4.69, 9.17) is 4.74 Å². The molecule has 0 fully saturated rings. The molecule has 0 saturated heterocycles. The lowest BCUT2D eigenvalue weighted by Gasteiger charge is -2.37. The largest absolute Gasteiger partial charge is 0.497 e. The van der Waals surface area contributed by atoms with Crippen molar-refractivity contribution < 1.29 is 14.3 Å². The van der Waals surface area contributed by atoms with Crippen molar-refractivity contribution in [3.63, 3.8) is 0 Å². The molecular formula is C13H12N2O3. The van der Waals surface area contributed by atoms with Crippen LogP contribution >= 0.6 is 0 Å². The highest BCUT2D eigenvalue weighted by Gasteiger charge is 2.45. The highest BCUT2D eigenvalue weighted by atomic mass is 16.5. The second-order valence-corrected chi connectivity index (χ2v) is 4.29. The fraction of sp³-hybridized carbons (Fsp3) is 0.308. The van der Waals surface area contributed by atoms with Gasteiger partial charge in [0.05, 0.1) is 13.2 Å². The number of carbonyl (C=O) groups is 2. The molecular weight excluding hydrogens is 232 g/mol. The number of likely N-dealkylation sites (N-methyl/N-ethyl adjacent to an activating group) is 1. The molecule has 0 N–H and O–H groups in total. The van der Waals surface area contributed by atoms with Gasteiger partial charge in [0, 0.05) is 18.2 Å². The first-order chi connectivity index (χ1) is 8.45. The van der Waals surface area contributed by atoms with Gasteiger partial charge in [0.2, 0.25) is 0 Å². The summed E-state index contributed by atoms with van der Waals surface area (Å²) in [5, 5.41) is 9.34. The van der Waals surface area contributed by atoms with Crippen molar-refractivity contribution in [2.75, 3.05) is 14.2 Å². The molecule has 0 bridgehead atoms. The Balaban J connectivity index is 2.76. The number of carbonyl (C=O) groups excluding carboxylic acids is 2. The molecule has 1 atom stereocenters. The molecule has 1 aromatic rings.